The van der Waals surface area contributed by atoms with Crippen LogP contribution in [0.4, 0.5) is 10.5 Å². The molecule has 0 aliphatic carbocycles. The highest BCUT2D eigenvalue weighted by Gasteiger charge is 2.20. The van der Waals surface area contributed by atoms with Crippen LogP contribution in [0.2, 0.25) is 0 Å². The molecule has 0 bridgehead atoms. The molecule has 1 unspecified atom stereocenters. The third kappa shape index (κ3) is 4.18. The fourth-order valence-electron chi connectivity index (χ4n) is 1.90. The topological polar surface area (TPSA) is 73.9 Å². The Morgan fingerprint density at radius 2 is 1.76 bits per heavy atom. The number of nitrogens with one attached hydrogen (secondary N) is 1. The van der Waals surface area contributed by atoms with Crippen molar-refractivity contribution >= 4 is 22.9 Å². The minimum Gasteiger partial charge on any atom is -0.612 e. The molecule has 1 aromatic carbocycles. The molecule has 0 spiro atoms. The number of rotatable bonds is 6. The predicted octanol–water partition coefficient (Wildman–Crippen LogP) is 2.31. The summed E-state index contributed by atoms with van der Waals surface area (Å²) in [4.78, 5) is 14.3. The van der Waals surface area contributed by atoms with Crippen molar-refractivity contribution < 1.29 is 18.8 Å². The molecular formula is C14H22N2O4S. The largest absolute Gasteiger partial charge is 0.612 e. The average molecular weight is 314 g/mol. The van der Waals surface area contributed by atoms with Crippen molar-refractivity contribution in [2.75, 3.05) is 38.9 Å². The second-order valence-electron chi connectivity index (χ2n) is 4.26. The Morgan fingerprint density at radius 1 is 1.24 bits per heavy atom. The smallest absolute Gasteiger partial charge is 0.321 e. The zero-order valence-corrected chi connectivity index (χ0v) is 13.9. The van der Waals surface area contributed by atoms with E-state index in [4.69, 9.17) is 9.47 Å². The van der Waals surface area contributed by atoms with E-state index in [2.05, 4.69) is 5.32 Å². The third-order valence-electron chi connectivity index (χ3n) is 3.09. The van der Waals surface area contributed by atoms with Crippen LogP contribution in [0, 0.1) is 0 Å². The molecule has 1 N–H and O–H groups in total. The zero-order chi connectivity index (χ0) is 16.0. The Morgan fingerprint density at radius 3 is 2.19 bits per heavy atom. The van der Waals surface area contributed by atoms with E-state index in [0.29, 0.717) is 35.2 Å². The lowest BCUT2D eigenvalue weighted by Gasteiger charge is -2.21. The first-order valence-corrected chi connectivity index (χ1v) is 8.19. The number of amides is 2. The van der Waals surface area contributed by atoms with Crippen molar-refractivity contribution in [1.29, 1.82) is 0 Å². The Hall–Kier alpha value is -1.60. The molecule has 21 heavy (non-hydrogen) atoms. The molecule has 0 saturated heterocycles. The molecule has 0 radical (unpaired) electrons. The summed E-state index contributed by atoms with van der Waals surface area (Å²) in [5, 5.41) is 2.78. The quantitative estimate of drug-likeness (QED) is 0.818. The Balaban J connectivity index is 3.17. The van der Waals surface area contributed by atoms with E-state index in [0.717, 1.165) is 0 Å². The summed E-state index contributed by atoms with van der Waals surface area (Å²) >= 11 is -1.26. The highest BCUT2D eigenvalue weighted by atomic mass is 32.2. The number of hydrogen-bond donors (Lipinski definition) is 1. The van der Waals surface area contributed by atoms with Gasteiger partial charge in [-0.25, -0.2) is 4.79 Å². The number of anilines is 1. The van der Waals surface area contributed by atoms with Gasteiger partial charge in [-0.05, 0) is 25.0 Å². The van der Waals surface area contributed by atoms with Crippen molar-refractivity contribution in [2.45, 2.75) is 18.7 Å². The predicted molar refractivity (Wildman–Crippen MR) is 83.8 cm³/mol. The zero-order valence-electron chi connectivity index (χ0n) is 13.1. The molecule has 0 fully saturated rings. The summed E-state index contributed by atoms with van der Waals surface area (Å²) in [6.45, 7) is 4.99. The second kappa shape index (κ2) is 7.99. The van der Waals surface area contributed by atoms with Crippen LogP contribution < -0.4 is 14.8 Å². The van der Waals surface area contributed by atoms with E-state index < -0.39 is 11.2 Å². The lowest BCUT2D eigenvalue weighted by molar-refractivity contribution is 0.217. The number of methoxy groups -OCH3 is 2. The average Bonchev–Trinajstić information content (AvgIpc) is 2.47. The summed E-state index contributed by atoms with van der Waals surface area (Å²) in [5.41, 5.74) is 0.463. The van der Waals surface area contributed by atoms with Gasteiger partial charge in [0, 0.05) is 25.2 Å². The number of carbonyl (C=O) groups is 1. The molecule has 0 aromatic heterocycles. The number of urea groups is 1. The lowest BCUT2D eigenvalue weighted by atomic mass is 10.2. The molecule has 118 valence electrons. The maximum Gasteiger partial charge on any atom is 0.321 e. The first kappa shape index (κ1) is 17.5. The standard InChI is InChI=1S/C14H22N2O4S/c1-6-16(7-2)14(17)15-10-8-11(19-3)12(20-4)9-13(10)21(5)18/h8-9H,6-7H2,1-5H3,(H,15,17). The van der Waals surface area contributed by atoms with Crippen LogP contribution in [0.25, 0.3) is 0 Å². The molecule has 7 heteroatoms. The van der Waals surface area contributed by atoms with Crippen LogP contribution in [0.15, 0.2) is 17.0 Å². The number of carbonyl (C=O) groups excluding carboxylic acids is 1. The molecule has 1 aromatic rings. The minimum absolute atomic E-state index is 0.237. The molecule has 0 saturated carbocycles. The van der Waals surface area contributed by atoms with E-state index in [1.165, 1.54) is 14.2 Å². The molecule has 1 atom stereocenters. The van der Waals surface area contributed by atoms with Gasteiger partial charge < -0.3 is 24.2 Å². The molecular weight excluding hydrogens is 292 g/mol. The van der Waals surface area contributed by atoms with Crippen LogP contribution in [-0.4, -0.2) is 49.0 Å². The van der Waals surface area contributed by atoms with Crippen LogP contribution in [0.5, 0.6) is 11.5 Å². The summed E-state index contributed by atoms with van der Waals surface area (Å²) in [7, 11) is 3.02. The van der Waals surface area contributed by atoms with Crippen molar-refractivity contribution in [1.82, 2.24) is 4.90 Å². The summed E-state index contributed by atoms with van der Waals surface area (Å²) in [5.74, 6) is 0.949. The van der Waals surface area contributed by atoms with Crippen LogP contribution in [0.3, 0.4) is 0 Å². The molecule has 0 aliphatic heterocycles. The Kier molecular flexibility index (Phi) is 6.64. The number of ether oxygens (including phenoxy) is 2. The SMILES string of the molecule is CCN(CC)C(=O)Nc1cc(OC)c(OC)cc1[S+](C)[O-]. The summed E-state index contributed by atoms with van der Waals surface area (Å²) < 4.78 is 22.3. The fraction of sp³-hybridized carbons (Fsp3) is 0.500. The van der Waals surface area contributed by atoms with Crippen molar-refractivity contribution in [3.05, 3.63) is 12.1 Å². The van der Waals surface area contributed by atoms with Gasteiger partial charge in [-0.2, -0.15) is 0 Å². The van der Waals surface area contributed by atoms with Gasteiger partial charge in [0.25, 0.3) is 0 Å². The van der Waals surface area contributed by atoms with Gasteiger partial charge in [-0.15, -0.1) is 0 Å². The van der Waals surface area contributed by atoms with Gasteiger partial charge in [0.15, 0.2) is 16.4 Å². The second-order valence-corrected chi connectivity index (χ2v) is 5.61. The van der Waals surface area contributed by atoms with Crippen molar-refractivity contribution in [3.8, 4) is 11.5 Å². The van der Waals surface area contributed by atoms with Crippen LogP contribution in [0.1, 0.15) is 13.8 Å². The minimum atomic E-state index is -1.26. The van der Waals surface area contributed by atoms with Gasteiger partial charge in [0.05, 0.1) is 14.2 Å². The van der Waals surface area contributed by atoms with Crippen molar-refractivity contribution in [3.63, 3.8) is 0 Å². The normalized spacial score (nSPS) is 11.7. The van der Waals surface area contributed by atoms with Gasteiger partial charge in [-0.3, -0.25) is 0 Å². The maximum atomic E-state index is 12.1. The third-order valence-corrected chi connectivity index (χ3v) is 4.04. The molecule has 1 rings (SSSR count). The highest BCUT2D eigenvalue weighted by Crippen LogP contribution is 2.35. The monoisotopic (exact) mass is 314 g/mol. The number of hydrogen-bond acceptors (Lipinski definition) is 4. The van der Waals surface area contributed by atoms with E-state index in [1.54, 1.807) is 23.3 Å². The lowest BCUT2D eigenvalue weighted by Crippen LogP contribution is -2.34. The molecule has 0 heterocycles. The molecule has 0 aliphatic rings. The van der Waals surface area contributed by atoms with Crippen LogP contribution in [-0.2, 0) is 11.2 Å². The van der Waals surface area contributed by atoms with Crippen molar-refractivity contribution in [2.24, 2.45) is 0 Å². The van der Waals surface area contributed by atoms with Gasteiger partial charge in [0.1, 0.15) is 11.9 Å². The van der Waals surface area contributed by atoms with E-state index in [-0.39, 0.29) is 6.03 Å². The van der Waals surface area contributed by atoms with E-state index in [1.807, 2.05) is 13.8 Å². The van der Waals surface area contributed by atoms with E-state index >= 15 is 0 Å². The van der Waals surface area contributed by atoms with Crippen LogP contribution >= 0.6 is 0 Å². The first-order chi connectivity index (χ1) is 9.98. The fourth-order valence-corrected chi connectivity index (χ4v) is 2.59. The summed E-state index contributed by atoms with van der Waals surface area (Å²) in [6.07, 6.45) is 1.55. The maximum absolute atomic E-state index is 12.1. The molecule has 2 amide bonds. The molecule has 6 nitrogen and oxygen atoms in total. The Labute approximate surface area is 128 Å². The van der Waals surface area contributed by atoms with E-state index in [9.17, 15) is 9.35 Å². The number of benzene rings is 1. The van der Waals surface area contributed by atoms with Gasteiger partial charge >= 0.3 is 6.03 Å². The number of nitrogens with zero attached hydrogens (tertiary/aromatic N) is 1. The Bertz CT molecular complexity index is 490. The van der Waals surface area contributed by atoms with Gasteiger partial charge in [0.2, 0.25) is 0 Å². The summed E-state index contributed by atoms with van der Waals surface area (Å²) in [6, 6.07) is 3.00. The highest BCUT2D eigenvalue weighted by molar-refractivity contribution is 7.90. The first-order valence-electron chi connectivity index (χ1n) is 6.63. The van der Waals surface area contributed by atoms with Gasteiger partial charge in [-0.1, -0.05) is 0 Å².